The summed E-state index contributed by atoms with van der Waals surface area (Å²) in [4.78, 5) is 71.6. The highest BCUT2D eigenvalue weighted by Gasteiger charge is 2.37. The standard InChI is InChI=1S/C34H59NO14.3H2O/c1-5-6-12-21(3)32(49-31(43)18-24(34(46)47)16-29(40)41)27(48-30(42)17-23(33(44)45)15-28(38)39)14-20(2)11-9-7-8-10-13-25(36)19-26(37)22(4)35;;;/h20-27,32,36-37H,5-19,35H2,1-4H3,(H,38,39)(H,40,41)(H,44,45)(H,46,47);3*1H2/t20-,21+,22-,23+,24+,25+,26-,27-,32+;;;/m0.../s1. The van der Waals surface area contributed by atoms with Gasteiger partial charge in [-0.25, -0.2) is 0 Å². The van der Waals surface area contributed by atoms with Crippen LogP contribution in [0, 0.1) is 23.7 Å². The number of carbonyl (C=O) groups excluding carboxylic acids is 2. The van der Waals surface area contributed by atoms with Gasteiger partial charge in [0.1, 0.15) is 12.2 Å². The average molecular weight is 760 g/mol. The topological polar surface area (TPSA) is 363 Å². The maximum absolute atomic E-state index is 13.0. The summed E-state index contributed by atoms with van der Waals surface area (Å²) >= 11 is 0. The van der Waals surface area contributed by atoms with E-state index in [1.165, 1.54) is 0 Å². The van der Waals surface area contributed by atoms with Gasteiger partial charge in [0.25, 0.3) is 0 Å². The van der Waals surface area contributed by atoms with E-state index in [4.69, 9.17) is 25.4 Å². The van der Waals surface area contributed by atoms with E-state index < -0.39 is 110 Å². The number of esters is 2. The van der Waals surface area contributed by atoms with Crippen LogP contribution in [-0.2, 0) is 38.2 Å². The number of hydrogen-bond acceptors (Lipinski definition) is 11. The molecule has 308 valence electrons. The summed E-state index contributed by atoms with van der Waals surface area (Å²) in [5.41, 5.74) is 5.64. The van der Waals surface area contributed by atoms with E-state index in [2.05, 4.69) is 0 Å². The zero-order valence-electron chi connectivity index (χ0n) is 30.8. The Morgan fingerprint density at radius 1 is 0.615 bits per heavy atom. The lowest BCUT2D eigenvalue weighted by Gasteiger charge is -2.33. The fourth-order valence-electron chi connectivity index (χ4n) is 5.58. The van der Waals surface area contributed by atoms with Crippen molar-refractivity contribution in [3.8, 4) is 0 Å². The number of ether oxygens (including phenoxy) is 2. The number of nitrogens with two attached hydrogens (primary N) is 1. The summed E-state index contributed by atoms with van der Waals surface area (Å²) in [6.45, 7) is 7.31. The van der Waals surface area contributed by atoms with E-state index in [0.29, 0.717) is 19.3 Å². The van der Waals surface area contributed by atoms with Crippen LogP contribution in [0.15, 0.2) is 0 Å². The molecule has 0 amide bonds. The molecular formula is C34H65NO17. The Hall–Kier alpha value is -3.42. The first-order valence-corrected chi connectivity index (χ1v) is 17.3. The quantitative estimate of drug-likeness (QED) is 0.0415. The molecule has 0 aromatic heterocycles. The molecule has 0 spiro atoms. The number of aliphatic carboxylic acids is 4. The van der Waals surface area contributed by atoms with Gasteiger partial charge in [0.2, 0.25) is 0 Å². The number of carboxylic acid groups (broad SMARTS) is 4. The Kier molecular flexibility index (Phi) is 32.0. The highest BCUT2D eigenvalue weighted by atomic mass is 16.6. The van der Waals surface area contributed by atoms with Gasteiger partial charge in [-0.1, -0.05) is 65.7 Å². The van der Waals surface area contributed by atoms with Crippen LogP contribution in [0.3, 0.4) is 0 Å². The minimum Gasteiger partial charge on any atom is -0.481 e. The maximum atomic E-state index is 13.0. The number of hydrogen-bond donors (Lipinski definition) is 7. The van der Waals surface area contributed by atoms with Gasteiger partial charge < -0.3 is 62.3 Å². The first-order chi connectivity index (χ1) is 22.9. The number of unbranched alkanes of at least 4 members (excludes halogenated alkanes) is 4. The van der Waals surface area contributed by atoms with Gasteiger partial charge in [0, 0.05) is 12.5 Å². The molecule has 0 radical (unpaired) electrons. The van der Waals surface area contributed by atoms with Crippen molar-refractivity contribution in [2.24, 2.45) is 29.4 Å². The van der Waals surface area contributed by atoms with Crippen LogP contribution in [-0.4, -0.2) is 113 Å². The van der Waals surface area contributed by atoms with Crippen molar-refractivity contribution in [3.63, 3.8) is 0 Å². The molecule has 0 rings (SSSR count). The first-order valence-electron chi connectivity index (χ1n) is 17.3. The first kappa shape index (κ1) is 55.3. The molecule has 9 atom stereocenters. The Morgan fingerprint density at radius 2 is 1.08 bits per heavy atom. The second-order valence-corrected chi connectivity index (χ2v) is 13.4. The molecule has 0 aliphatic rings. The molecular weight excluding hydrogens is 694 g/mol. The van der Waals surface area contributed by atoms with Gasteiger partial charge in [-0.3, -0.25) is 28.8 Å². The Balaban J connectivity index is -0.00000384. The zero-order chi connectivity index (χ0) is 37.7. The summed E-state index contributed by atoms with van der Waals surface area (Å²) in [7, 11) is 0. The van der Waals surface area contributed by atoms with Crippen LogP contribution in [0.5, 0.6) is 0 Å². The van der Waals surface area contributed by atoms with Gasteiger partial charge in [0.15, 0.2) is 0 Å². The number of carboxylic acids is 4. The molecule has 0 heterocycles. The van der Waals surface area contributed by atoms with E-state index in [-0.39, 0.29) is 35.2 Å². The van der Waals surface area contributed by atoms with E-state index in [9.17, 15) is 49.2 Å². The highest BCUT2D eigenvalue weighted by Crippen LogP contribution is 2.29. The van der Waals surface area contributed by atoms with Gasteiger partial charge in [-0.15, -0.1) is 0 Å². The van der Waals surface area contributed by atoms with Crippen molar-refractivity contribution in [3.05, 3.63) is 0 Å². The molecule has 0 unspecified atom stereocenters. The molecule has 14 N–H and O–H groups in total. The number of aliphatic hydroxyl groups excluding tert-OH is 2. The maximum Gasteiger partial charge on any atom is 0.307 e. The third-order valence-corrected chi connectivity index (χ3v) is 8.60. The van der Waals surface area contributed by atoms with Crippen molar-refractivity contribution in [2.45, 2.75) is 154 Å². The highest BCUT2D eigenvalue weighted by molar-refractivity contribution is 5.83. The second kappa shape index (κ2) is 30.1. The molecule has 0 aromatic rings. The molecule has 0 aliphatic carbocycles. The third-order valence-electron chi connectivity index (χ3n) is 8.60. The van der Waals surface area contributed by atoms with Crippen molar-refractivity contribution in [2.75, 3.05) is 0 Å². The summed E-state index contributed by atoms with van der Waals surface area (Å²) in [6, 6.07) is -0.432. The van der Waals surface area contributed by atoms with Crippen LogP contribution in [0.25, 0.3) is 0 Å². The summed E-state index contributed by atoms with van der Waals surface area (Å²) in [5.74, 6) is -11.3. The van der Waals surface area contributed by atoms with Crippen LogP contribution in [0.4, 0.5) is 0 Å². The minimum atomic E-state index is -1.55. The average Bonchev–Trinajstić information content (AvgIpc) is 2.98. The molecule has 0 fully saturated rings. The number of carbonyl (C=O) groups is 6. The van der Waals surface area contributed by atoms with Gasteiger partial charge >= 0.3 is 35.8 Å². The zero-order valence-corrected chi connectivity index (χ0v) is 30.8. The molecule has 0 aliphatic heterocycles. The Morgan fingerprint density at radius 3 is 1.50 bits per heavy atom. The fourth-order valence-corrected chi connectivity index (χ4v) is 5.58. The van der Waals surface area contributed by atoms with Crippen molar-refractivity contribution in [1.29, 1.82) is 0 Å². The predicted molar refractivity (Wildman–Crippen MR) is 187 cm³/mol. The second-order valence-electron chi connectivity index (χ2n) is 13.4. The number of aliphatic hydroxyl groups is 2. The normalized spacial score (nSPS) is 16.0. The molecule has 52 heavy (non-hydrogen) atoms. The van der Waals surface area contributed by atoms with E-state index in [1.54, 1.807) is 13.8 Å². The van der Waals surface area contributed by atoms with Crippen LogP contribution in [0.1, 0.15) is 124 Å². The fraction of sp³-hybridized carbons (Fsp3) is 0.824. The lowest BCUT2D eigenvalue weighted by atomic mass is 9.87. The summed E-state index contributed by atoms with van der Waals surface area (Å²) < 4.78 is 11.5. The Labute approximate surface area is 305 Å². The predicted octanol–water partition coefficient (Wildman–Crippen LogP) is 1.12. The molecule has 0 aromatic carbocycles. The molecule has 18 heteroatoms. The molecule has 0 saturated carbocycles. The molecule has 18 nitrogen and oxygen atoms in total. The third kappa shape index (κ3) is 25.5. The van der Waals surface area contributed by atoms with Crippen molar-refractivity contribution < 1.29 is 85.3 Å². The molecule has 0 saturated heterocycles. The van der Waals surface area contributed by atoms with Crippen LogP contribution in [0.2, 0.25) is 0 Å². The van der Waals surface area contributed by atoms with Gasteiger partial charge in [-0.2, -0.15) is 0 Å². The van der Waals surface area contributed by atoms with Crippen LogP contribution < -0.4 is 5.73 Å². The van der Waals surface area contributed by atoms with E-state index in [1.807, 2.05) is 13.8 Å². The van der Waals surface area contributed by atoms with Gasteiger partial charge in [0.05, 0.1) is 49.7 Å². The minimum absolute atomic E-state index is 0. The molecule has 0 bridgehead atoms. The van der Waals surface area contributed by atoms with Crippen molar-refractivity contribution in [1.82, 2.24) is 0 Å². The smallest absolute Gasteiger partial charge is 0.307 e. The van der Waals surface area contributed by atoms with Crippen molar-refractivity contribution >= 4 is 35.8 Å². The van der Waals surface area contributed by atoms with E-state index >= 15 is 0 Å². The van der Waals surface area contributed by atoms with Crippen LogP contribution >= 0.6 is 0 Å². The summed E-state index contributed by atoms with van der Waals surface area (Å²) in [6.07, 6.45) is 0.203. The number of rotatable bonds is 29. The largest absolute Gasteiger partial charge is 0.481 e. The van der Waals surface area contributed by atoms with Gasteiger partial charge in [-0.05, 0) is 38.0 Å². The Bertz CT molecular complexity index is 1040. The van der Waals surface area contributed by atoms with E-state index in [0.717, 1.165) is 38.5 Å². The lowest BCUT2D eigenvalue weighted by Crippen LogP contribution is -2.42. The monoisotopic (exact) mass is 759 g/mol. The lowest BCUT2D eigenvalue weighted by molar-refractivity contribution is -0.177. The summed E-state index contributed by atoms with van der Waals surface area (Å²) in [5, 5.41) is 57.0. The SMILES string of the molecule is CCCC[C@@H](C)[C@@H](OC(=O)C[C@@H](CC(=O)O)C(=O)O)[C@H](C[C@@H](C)CCCCCC[C@@H](O)C[C@H](O)[C@H](C)N)OC(=O)C[C@@H](CC(=O)O)C(=O)O.O.O.O.